The Balaban J connectivity index is 1.97. The van der Waals surface area contributed by atoms with Crippen molar-refractivity contribution in [1.82, 2.24) is 0 Å². The van der Waals surface area contributed by atoms with Crippen LogP contribution in [0.3, 0.4) is 0 Å². The van der Waals surface area contributed by atoms with Crippen molar-refractivity contribution in [1.29, 1.82) is 5.26 Å². The van der Waals surface area contributed by atoms with Gasteiger partial charge in [0.2, 0.25) is 0 Å². The summed E-state index contributed by atoms with van der Waals surface area (Å²) in [6, 6.07) is 11.4. The van der Waals surface area contributed by atoms with Gasteiger partial charge in [0.25, 0.3) is 0 Å². The van der Waals surface area contributed by atoms with Gasteiger partial charge < -0.3 is 4.74 Å². The third kappa shape index (κ3) is 1.98. The van der Waals surface area contributed by atoms with E-state index in [2.05, 4.69) is 25.8 Å². The number of hydrogen-bond donors (Lipinski definition) is 0. The Morgan fingerprint density at radius 2 is 1.96 bits per heavy atom. The number of terminal acetylenes is 1. The third-order valence-electron chi connectivity index (χ3n) is 5.57. The number of hydrogen-bond acceptors (Lipinski definition) is 3. The van der Waals surface area contributed by atoms with Crippen molar-refractivity contribution >= 4 is 11.4 Å². The first-order chi connectivity index (χ1) is 12.4. The molecule has 26 heavy (non-hydrogen) atoms. The lowest BCUT2D eigenvalue weighted by atomic mass is 9.68. The molecule has 0 atom stereocenters. The van der Waals surface area contributed by atoms with Gasteiger partial charge in [-0.15, -0.1) is 6.42 Å². The molecule has 0 bridgehead atoms. The van der Waals surface area contributed by atoms with Crippen LogP contribution in [0, 0.1) is 23.7 Å². The van der Waals surface area contributed by atoms with Gasteiger partial charge in [-0.25, -0.2) is 0 Å². The molecule has 0 aliphatic heterocycles. The molecular formula is C23H17NO2. The summed E-state index contributed by atoms with van der Waals surface area (Å²) in [5, 5.41) is 9.18. The molecule has 0 saturated carbocycles. The molecular weight excluding hydrogens is 322 g/mol. The van der Waals surface area contributed by atoms with Crippen LogP contribution in [-0.4, -0.2) is 12.9 Å². The normalized spacial score (nSPS) is 16.3. The van der Waals surface area contributed by atoms with E-state index < -0.39 is 0 Å². The molecule has 2 aromatic carbocycles. The predicted octanol–water partition coefficient (Wildman–Crippen LogP) is 4.03. The van der Waals surface area contributed by atoms with Gasteiger partial charge in [0.1, 0.15) is 5.75 Å². The van der Waals surface area contributed by atoms with Crippen LogP contribution < -0.4 is 4.74 Å². The summed E-state index contributed by atoms with van der Waals surface area (Å²) in [6.45, 7) is 4.25. The van der Waals surface area contributed by atoms with Gasteiger partial charge in [0.15, 0.2) is 5.78 Å². The van der Waals surface area contributed by atoms with Gasteiger partial charge in [-0.05, 0) is 52.9 Å². The monoisotopic (exact) mass is 339 g/mol. The van der Waals surface area contributed by atoms with E-state index in [-0.39, 0.29) is 11.2 Å². The van der Waals surface area contributed by atoms with Crippen molar-refractivity contribution in [2.24, 2.45) is 0 Å². The maximum atomic E-state index is 13.3. The van der Waals surface area contributed by atoms with Gasteiger partial charge >= 0.3 is 0 Å². The summed E-state index contributed by atoms with van der Waals surface area (Å²) in [5.74, 6) is 3.22. The molecule has 126 valence electrons. The first-order valence-electron chi connectivity index (χ1n) is 8.43. The molecule has 0 saturated heterocycles. The second-order valence-electron chi connectivity index (χ2n) is 7.21. The Kier molecular flexibility index (Phi) is 3.33. The topological polar surface area (TPSA) is 50.1 Å². The second-order valence-corrected chi connectivity index (χ2v) is 7.21. The summed E-state index contributed by atoms with van der Waals surface area (Å²) in [7, 11) is 1.58. The van der Waals surface area contributed by atoms with Gasteiger partial charge in [0, 0.05) is 16.6 Å². The van der Waals surface area contributed by atoms with E-state index in [1.807, 2.05) is 18.2 Å². The molecule has 2 aromatic rings. The summed E-state index contributed by atoms with van der Waals surface area (Å²) in [5.41, 5.74) is 6.26. The second kappa shape index (κ2) is 5.35. The fourth-order valence-electron chi connectivity index (χ4n) is 4.15. The molecule has 3 heteroatoms. The molecule has 0 heterocycles. The lowest BCUT2D eigenvalue weighted by Gasteiger charge is -2.34. The summed E-state index contributed by atoms with van der Waals surface area (Å²) in [4.78, 5) is 13.3. The fourth-order valence-corrected chi connectivity index (χ4v) is 4.15. The predicted molar refractivity (Wildman–Crippen MR) is 100 cm³/mol. The molecule has 3 nitrogen and oxygen atoms in total. The average Bonchev–Trinajstić information content (AvgIpc) is 3.05. The zero-order chi connectivity index (χ0) is 18.6. The number of nitriles is 1. The molecule has 0 unspecified atom stereocenters. The van der Waals surface area contributed by atoms with E-state index in [1.54, 1.807) is 19.2 Å². The highest BCUT2D eigenvalue weighted by Gasteiger charge is 2.43. The van der Waals surface area contributed by atoms with Crippen LogP contribution in [0.1, 0.15) is 52.0 Å². The Labute approximate surface area is 152 Å². The van der Waals surface area contributed by atoms with E-state index in [1.165, 1.54) is 0 Å². The van der Waals surface area contributed by atoms with E-state index in [4.69, 9.17) is 11.2 Å². The number of benzene rings is 2. The highest BCUT2D eigenvalue weighted by Crippen LogP contribution is 2.50. The average molecular weight is 339 g/mol. The fraction of sp³-hybridized carbons (Fsp3) is 0.217. The number of allylic oxidation sites excluding steroid dienone is 2. The van der Waals surface area contributed by atoms with Crippen LogP contribution in [0.5, 0.6) is 5.75 Å². The number of ether oxygens (including phenoxy) is 1. The molecule has 2 aliphatic carbocycles. The minimum atomic E-state index is -0.329. The quantitative estimate of drug-likeness (QED) is 0.737. The van der Waals surface area contributed by atoms with Crippen molar-refractivity contribution in [3.63, 3.8) is 0 Å². The minimum Gasteiger partial charge on any atom is -0.495 e. The number of ketones is 1. The molecule has 4 rings (SSSR count). The standard InChI is InChI=1S/C23H17NO2/c1-5-14-9-17-18(11-20(14)26-4)23(2,3)19-10-15-8-13(12-24)6-7-16(15)21(19)22(17)25/h1,6-9,11H,10H2,2-4H3. The Morgan fingerprint density at radius 3 is 2.62 bits per heavy atom. The molecule has 0 fully saturated rings. The van der Waals surface area contributed by atoms with Crippen molar-refractivity contribution in [2.45, 2.75) is 25.7 Å². The van der Waals surface area contributed by atoms with Crippen LogP contribution in [0.25, 0.3) is 5.57 Å². The molecule has 0 spiro atoms. The minimum absolute atomic E-state index is 0.00284. The van der Waals surface area contributed by atoms with Crippen molar-refractivity contribution in [2.75, 3.05) is 7.11 Å². The molecule has 0 N–H and O–H groups in total. The Hall–Kier alpha value is -3.30. The number of methoxy groups -OCH3 is 1. The lowest BCUT2D eigenvalue weighted by Crippen LogP contribution is -2.30. The van der Waals surface area contributed by atoms with Gasteiger partial charge in [-0.3, -0.25) is 4.79 Å². The van der Waals surface area contributed by atoms with Crippen LogP contribution in [0.15, 0.2) is 35.9 Å². The maximum absolute atomic E-state index is 13.3. The molecule has 2 aliphatic rings. The van der Waals surface area contributed by atoms with E-state index >= 15 is 0 Å². The van der Waals surface area contributed by atoms with Gasteiger partial charge in [-0.1, -0.05) is 25.8 Å². The van der Waals surface area contributed by atoms with Crippen molar-refractivity contribution < 1.29 is 9.53 Å². The highest BCUT2D eigenvalue weighted by atomic mass is 16.5. The smallest absolute Gasteiger partial charge is 0.193 e. The number of fused-ring (bicyclic) bond motifs is 3. The van der Waals surface area contributed by atoms with E-state index in [0.29, 0.717) is 28.9 Å². The van der Waals surface area contributed by atoms with Gasteiger partial charge in [0.05, 0.1) is 24.3 Å². The Morgan fingerprint density at radius 1 is 1.19 bits per heavy atom. The number of Topliss-reactive ketones (excluding diaryl/α,β-unsaturated/α-hetero) is 1. The molecule has 0 radical (unpaired) electrons. The first-order valence-corrected chi connectivity index (χ1v) is 8.43. The number of carbonyl (C=O) groups is 1. The Bertz CT molecular complexity index is 1100. The van der Waals surface area contributed by atoms with Crippen LogP contribution in [0.2, 0.25) is 0 Å². The lowest BCUT2D eigenvalue weighted by molar-refractivity contribution is 0.105. The van der Waals surface area contributed by atoms with Crippen molar-refractivity contribution in [3.05, 3.63) is 69.3 Å². The SMILES string of the molecule is C#Cc1cc2c(cc1OC)C(C)(C)C1=C(C2=O)c2ccc(C#N)cc2C1. The van der Waals surface area contributed by atoms with Crippen LogP contribution in [0.4, 0.5) is 0 Å². The number of carbonyl (C=O) groups excluding carboxylic acids is 1. The number of nitrogens with zero attached hydrogens (tertiary/aromatic N) is 1. The van der Waals surface area contributed by atoms with Gasteiger partial charge in [-0.2, -0.15) is 5.26 Å². The summed E-state index contributed by atoms with van der Waals surface area (Å²) < 4.78 is 5.43. The molecule has 0 amide bonds. The van der Waals surface area contributed by atoms with E-state index in [0.717, 1.165) is 27.8 Å². The zero-order valence-corrected chi connectivity index (χ0v) is 14.9. The first kappa shape index (κ1) is 16.2. The highest BCUT2D eigenvalue weighted by molar-refractivity contribution is 6.33. The summed E-state index contributed by atoms with van der Waals surface area (Å²) in [6.07, 6.45) is 6.28. The van der Waals surface area contributed by atoms with Crippen LogP contribution in [-0.2, 0) is 11.8 Å². The number of rotatable bonds is 1. The third-order valence-corrected chi connectivity index (χ3v) is 5.57. The maximum Gasteiger partial charge on any atom is 0.193 e. The molecule has 0 aromatic heterocycles. The van der Waals surface area contributed by atoms with Crippen molar-refractivity contribution in [3.8, 4) is 24.2 Å². The largest absolute Gasteiger partial charge is 0.495 e. The summed E-state index contributed by atoms with van der Waals surface area (Å²) >= 11 is 0. The van der Waals surface area contributed by atoms with E-state index in [9.17, 15) is 10.1 Å². The zero-order valence-electron chi connectivity index (χ0n) is 14.9. The van der Waals surface area contributed by atoms with Crippen LogP contribution >= 0.6 is 0 Å².